The van der Waals surface area contributed by atoms with E-state index >= 15 is 0 Å². The van der Waals surface area contributed by atoms with Gasteiger partial charge in [-0.1, -0.05) is 121 Å². The van der Waals surface area contributed by atoms with E-state index in [0.717, 1.165) is 49.8 Å². The molecule has 0 aliphatic rings. The number of fused-ring (bicyclic) bond motifs is 9. The van der Waals surface area contributed by atoms with Crippen molar-refractivity contribution < 1.29 is 4.42 Å². The average Bonchev–Trinajstić information content (AvgIpc) is 3.71. The number of thiophene rings is 1. The minimum Gasteiger partial charge on any atom is -0.455 e. The van der Waals surface area contributed by atoms with Crippen molar-refractivity contribution in [1.82, 2.24) is 0 Å². The fourth-order valence-corrected chi connectivity index (χ4v) is 8.54. The summed E-state index contributed by atoms with van der Waals surface area (Å²) in [5.41, 5.74) is 7.56. The van der Waals surface area contributed by atoms with Gasteiger partial charge in [-0.05, 0) is 58.8 Å². The Morgan fingerprint density at radius 1 is 0.383 bits per heavy atom. The second-order valence-electron chi connectivity index (χ2n) is 12.0. The van der Waals surface area contributed by atoms with Gasteiger partial charge in [0.1, 0.15) is 11.2 Å². The number of hydrogen-bond donors (Lipinski definition) is 0. The molecule has 220 valence electrons. The molecule has 10 rings (SSSR count). The molecule has 8 aromatic carbocycles. The maximum Gasteiger partial charge on any atom is 0.143 e. The van der Waals surface area contributed by atoms with Gasteiger partial charge in [0.2, 0.25) is 0 Å². The largest absolute Gasteiger partial charge is 0.455 e. The summed E-state index contributed by atoms with van der Waals surface area (Å²) < 4.78 is 9.21. The van der Waals surface area contributed by atoms with Crippen LogP contribution in [0.1, 0.15) is 0 Å². The maximum atomic E-state index is 6.64. The Morgan fingerprint density at radius 2 is 1.00 bits per heavy atom. The summed E-state index contributed by atoms with van der Waals surface area (Å²) >= 11 is 1.85. The lowest BCUT2D eigenvalue weighted by Crippen LogP contribution is -2.12. The Bertz CT molecular complexity index is 2820. The molecule has 0 aliphatic carbocycles. The molecule has 0 spiro atoms. The molecular formula is C44H27NOS. The molecule has 2 aromatic heterocycles. The van der Waals surface area contributed by atoms with E-state index in [2.05, 4.69) is 169 Å². The molecule has 0 atom stereocenters. The molecule has 0 amide bonds. The zero-order valence-corrected chi connectivity index (χ0v) is 26.2. The highest BCUT2D eigenvalue weighted by Crippen LogP contribution is 2.50. The molecule has 0 saturated carbocycles. The maximum absolute atomic E-state index is 6.64. The van der Waals surface area contributed by atoms with Crippen molar-refractivity contribution in [2.24, 2.45) is 0 Å². The number of para-hydroxylation sites is 1. The monoisotopic (exact) mass is 617 g/mol. The van der Waals surface area contributed by atoms with Gasteiger partial charge in [-0.15, -0.1) is 11.3 Å². The average molecular weight is 618 g/mol. The summed E-state index contributed by atoms with van der Waals surface area (Å²) in [6.07, 6.45) is 0. The molecule has 2 heterocycles. The topological polar surface area (TPSA) is 16.4 Å². The number of hydrogen-bond acceptors (Lipinski definition) is 3. The Hall–Kier alpha value is -5.90. The fraction of sp³-hybridized carbons (Fsp3) is 0. The Morgan fingerprint density at radius 3 is 1.91 bits per heavy atom. The van der Waals surface area contributed by atoms with Gasteiger partial charge in [0.15, 0.2) is 0 Å². The molecule has 0 N–H and O–H groups in total. The van der Waals surface area contributed by atoms with Crippen molar-refractivity contribution in [2.45, 2.75) is 0 Å². The van der Waals surface area contributed by atoms with Crippen molar-refractivity contribution in [1.29, 1.82) is 0 Å². The molecule has 0 bridgehead atoms. The predicted octanol–water partition coefficient (Wildman–Crippen LogP) is 13.4. The molecule has 0 unspecified atom stereocenters. The van der Waals surface area contributed by atoms with E-state index in [1.807, 2.05) is 11.3 Å². The highest BCUT2D eigenvalue weighted by Gasteiger charge is 2.24. The number of anilines is 3. The van der Waals surface area contributed by atoms with Crippen LogP contribution in [-0.4, -0.2) is 0 Å². The third-order valence-electron chi connectivity index (χ3n) is 9.45. The van der Waals surface area contributed by atoms with E-state index in [0.29, 0.717) is 0 Å². The highest BCUT2D eigenvalue weighted by molar-refractivity contribution is 7.26. The number of benzene rings is 8. The Kier molecular flexibility index (Phi) is 5.78. The minimum absolute atomic E-state index is 0.895. The van der Waals surface area contributed by atoms with Crippen LogP contribution in [0, 0.1) is 0 Å². The first-order valence-electron chi connectivity index (χ1n) is 15.9. The van der Waals surface area contributed by atoms with E-state index in [9.17, 15) is 0 Å². The van der Waals surface area contributed by atoms with Crippen molar-refractivity contribution in [3.8, 4) is 11.1 Å². The van der Waals surface area contributed by atoms with E-state index in [1.165, 1.54) is 42.0 Å². The molecule has 0 saturated heterocycles. The zero-order chi connectivity index (χ0) is 30.9. The summed E-state index contributed by atoms with van der Waals surface area (Å²) in [5, 5.41) is 9.55. The normalized spacial score (nSPS) is 11.8. The van der Waals surface area contributed by atoms with Crippen molar-refractivity contribution >= 4 is 92.1 Å². The van der Waals surface area contributed by atoms with Crippen LogP contribution in [0.5, 0.6) is 0 Å². The van der Waals surface area contributed by atoms with Gasteiger partial charge in [-0.25, -0.2) is 0 Å². The third-order valence-corrected chi connectivity index (χ3v) is 10.6. The number of rotatable bonds is 4. The van der Waals surface area contributed by atoms with Gasteiger partial charge in [-0.2, -0.15) is 0 Å². The molecule has 0 aliphatic heterocycles. The van der Waals surface area contributed by atoms with Crippen LogP contribution >= 0.6 is 11.3 Å². The van der Waals surface area contributed by atoms with Crippen LogP contribution in [0.15, 0.2) is 168 Å². The van der Waals surface area contributed by atoms with Crippen LogP contribution in [0.4, 0.5) is 17.1 Å². The van der Waals surface area contributed by atoms with Crippen LogP contribution in [0.3, 0.4) is 0 Å². The molecule has 0 fully saturated rings. The van der Waals surface area contributed by atoms with Crippen molar-refractivity contribution in [2.75, 3.05) is 4.90 Å². The Balaban J connectivity index is 1.32. The van der Waals surface area contributed by atoms with Gasteiger partial charge in [0.25, 0.3) is 0 Å². The summed E-state index contributed by atoms with van der Waals surface area (Å²) in [7, 11) is 0. The smallest absolute Gasteiger partial charge is 0.143 e. The quantitative estimate of drug-likeness (QED) is 0.195. The molecular weight excluding hydrogens is 591 g/mol. The van der Waals surface area contributed by atoms with Crippen LogP contribution < -0.4 is 4.90 Å². The first-order valence-corrected chi connectivity index (χ1v) is 16.8. The van der Waals surface area contributed by atoms with E-state index in [4.69, 9.17) is 4.42 Å². The van der Waals surface area contributed by atoms with Gasteiger partial charge in [-0.3, -0.25) is 0 Å². The fourth-order valence-electron chi connectivity index (χ4n) is 7.41. The third kappa shape index (κ3) is 3.97. The second-order valence-corrected chi connectivity index (χ2v) is 13.1. The van der Waals surface area contributed by atoms with Gasteiger partial charge in [0.05, 0.1) is 17.1 Å². The first kappa shape index (κ1) is 26.3. The predicted molar refractivity (Wildman–Crippen MR) is 202 cm³/mol. The van der Waals surface area contributed by atoms with Gasteiger partial charge in [0, 0.05) is 47.3 Å². The standard InChI is InChI=1S/C44H27NOS/c1-3-15-30-28(12-1)14-9-21-36(30)45(38-22-11-25-41-43(38)34-18-6-8-24-40(34)47-41)37-20-7-5-17-32(37)33-19-10-23-39-42(33)35-27-26-29-13-2-4-16-31(29)44(35)46-39/h1-27H. The molecule has 0 radical (unpaired) electrons. The van der Waals surface area contributed by atoms with Crippen LogP contribution in [-0.2, 0) is 0 Å². The van der Waals surface area contributed by atoms with E-state index < -0.39 is 0 Å². The van der Waals surface area contributed by atoms with Crippen molar-refractivity contribution in [3.05, 3.63) is 164 Å². The molecule has 47 heavy (non-hydrogen) atoms. The van der Waals surface area contributed by atoms with Crippen molar-refractivity contribution in [3.63, 3.8) is 0 Å². The number of furan rings is 1. The summed E-state index contributed by atoms with van der Waals surface area (Å²) in [5.74, 6) is 0. The van der Waals surface area contributed by atoms with E-state index in [1.54, 1.807) is 0 Å². The summed E-state index contributed by atoms with van der Waals surface area (Å²) in [6.45, 7) is 0. The molecule has 10 aromatic rings. The zero-order valence-electron chi connectivity index (χ0n) is 25.4. The highest BCUT2D eigenvalue weighted by atomic mass is 32.1. The molecule has 3 heteroatoms. The van der Waals surface area contributed by atoms with Gasteiger partial charge >= 0.3 is 0 Å². The summed E-state index contributed by atoms with van der Waals surface area (Å²) in [4.78, 5) is 2.48. The summed E-state index contributed by atoms with van der Waals surface area (Å²) in [6, 6.07) is 59.0. The lowest BCUT2D eigenvalue weighted by molar-refractivity contribution is 0.673. The lowest BCUT2D eigenvalue weighted by Gasteiger charge is -2.30. The SMILES string of the molecule is c1ccc(N(c2cccc3ccccc23)c2cccc3sc4ccccc4c23)c(-c2cccc3oc4c5ccccc5ccc4c23)c1. The molecule has 2 nitrogen and oxygen atoms in total. The second kappa shape index (κ2) is 10.3. The van der Waals surface area contributed by atoms with Crippen LogP contribution in [0.2, 0.25) is 0 Å². The number of nitrogens with zero attached hydrogens (tertiary/aromatic N) is 1. The first-order chi connectivity index (χ1) is 23.3. The minimum atomic E-state index is 0.895. The van der Waals surface area contributed by atoms with Gasteiger partial charge < -0.3 is 9.32 Å². The lowest BCUT2D eigenvalue weighted by atomic mass is 9.95. The van der Waals surface area contributed by atoms with Crippen LogP contribution in [0.25, 0.3) is 74.8 Å². The Labute approximate surface area is 275 Å². The van der Waals surface area contributed by atoms with E-state index in [-0.39, 0.29) is 0 Å².